The molecule has 0 unspecified atom stereocenters. The van der Waals surface area contributed by atoms with Crippen molar-refractivity contribution in [1.29, 1.82) is 5.41 Å². The first-order valence-corrected chi connectivity index (χ1v) is 4.34. The Hall–Kier alpha value is -1.36. The Balaban J connectivity index is 2.76. The summed E-state index contributed by atoms with van der Waals surface area (Å²) in [5, 5.41) is 9.12. The second-order valence-electron chi connectivity index (χ2n) is 2.57. The summed E-state index contributed by atoms with van der Waals surface area (Å²) >= 11 is 1.49. The van der Waals surface area contributed by atoms with Gasteiger partial charge in [-0.15, -0.1) is 11.3 Å². The molecule has 0 saturated heterocycles. The number of nitrogens with one attached hydrogen (secondary N) is 1. The van der Waals surface area contributed by atoms with Gasteiger partial charge in [0.15, 0.2) is 4.96 Å². The van der Waals surface area contributed by atoms with Gasteiger partial charge >= 0.3 is 0 Å². The van der Waals surface area contributed by atoms with Crippen LogP contribution in [0.15, 0.2) is 11.6 Å². The number of nitrogen functional groups attached to an aromatic ring is 1. The summed E-state index contributed by atoms with van der Waals surface area (Å²) in [6.45, 7) is 1.92. The molecule has 3 N–H and O–H groups in total. The second kappa shape index (κ2) is 2.31. The second-order valence-corrected chi connectivity index (χ2v) is 3.41. The third-order valence-electron chi connectivity index (χ3n) is 1.61. The van der Waals surface area contributed by atoms with Crippen molar-refractivity contribution in [2.75, 3.05) is 0 Å². The molecular weight excluding hydrogens is 172 g/mol. The van der Waals surface area contributed by atoms with E-state index in [0.29, 0.717) is 0 Å². The number of thiazole rings is 1. The molecule has 2 aromatic heterocycles. The van der Waals surface area contributed by atoms with Crippen LogP contribution in [-0.2, 0) is 0 Å². The van der Waals surface area contributed by atoms with E-state index in [1.165, 1.54) is 11.3 Å². The van der Waals surface area contributed by atoms with Gasteiger partial charge in [0, 0.05) is 11.6 Å². The highest BCUT2D eigenvalue weighted by Crippen LogP contribution is 2.15. The maximum absolute atomic E-state index is 7.28. The van der Waals surface area contributed by atoms with E-state index in [1.807, 2.05) is 22.9 Å². The van der Waals surface area contributed by atoms with Crippen LogP contribution in [0.5, 0.6) is 0 Å². The van der Waals surface area contributed by atoms with Gasteiger partial charge in [-0.3, -0.25) is 9.81 Å². The minimum absolute atomic E-state index is 0.0821. The maximum Gasteiger partial charge on any atom is 0.194 e. The standard InChI is InChI=1S/C7H8N4S/c1-4-2-11-5(6(8)9)3-12-7(11)10-4/h2-3H,1H3,(H3,8,9). The highest BCUT2D eigenvalue weighted by Gasteiger charge is 2.06. The molecular formula is C7H8N4S. The fourth-order valence-electron chi connectivity index (χ4n) is 1.09. The number of fused-ring (bicyclic) bond motifs is 1. The smallest absolute Gasteiger partial charge is 0.194 e. The number of nitrogens with zero attached hydrogens (tertiary/aromatic N) is 2. The molecule has 4 nitrogen and oxygen atoms in total. The van der Waals surface area contributed by atoms with Crippen LogP contribution in [0, 0.1) is 12.3 Å². The molecule has 2 aromatic rings. The van der Waals surface area contributed by atoms with E-state index in [1.54, 1.807) is 0 Å². The summed E-state index contributed by atoms with van der Waals surface area (Å²) in [5.41, 5.74) is 7.04. The summed E-state index contributed by atoms with van der Waals surface area (Å²) in [4.78, 5) is 5.13. The first-order chi connectivity index (χ1) is 5.68. The molecule has 0 radical (unpaired) electrons. The van der Waals surface area contributed by atoms with Crippen LogP contribution in [0.2, 0.25) is 0 Å². The SMILES string of the molecule is Cc1cn2c(C(=N)N)csc2n1. The number of amidine groups is 1. The predicted molar refractivity (Wildman–Crippen MR) is 48.8 cm³/mol. The van der Waals surface area contributed by atoms with Crippen molar-refractivity contribution in [3.63, 3.8) is 0 Å². The van der Waals surface area contributed by atoms with E-state index in [4.69, 9.17) is 11.1 Å². The van der Waals surface area contributed by atoms with E-state index in [2.05, 4.69) is 4.98 Å². The van der Waals surface area contributed by atoms with Crippen LogP contribution in [0.4, 0.5) is 0 Å². The topological polar surface area (TPSA) is 67.2 Å². The number of hydrogen-bond acceptors (Lipinski definition) is 3. The lowest BCUT2D eigenvalue weighted by atomic mass is 10.4. The first kappa shape index (κ1) is 7.30. The van der Waals surface area contributed by atoms with Gasteiger partial charge in [0.1, 0.15) is 5.84 Å². The average Bonchev–Trinajstić information content (AvgIpc) is 2.43. The first-order valence-electron chi connectivity index (χ1n) is 3.46. The van der Waals surface area contributed by atoms with E-state index < -0.39 is 0 Å². The van der Waals surface area contributed by atoms with Gasteiger partial charge < -0.3 is 5.73 Å². The molecule has 0 aliphatic rings. The summed E-state index contributed by atoms with van der Waals surface area (Å²) in [6, 6.07) is 0. The molecule has 5 heteroatoms. The summed E-state index contributed by atoms with van der Waals surface area (Å²) < 4.78 is 1.84. The predicted octanol–water partition coefficient (Wildman–Crippen LogP) is 0.988. The minimum atomic E-state index is 0.0821. The maximum atomic E-state index is 7.28. The van der Waals surface area contributed by atoms with Gasteiger partial charge in [-0.05, 0) is 6.92 Å². The Morgan fingerprint density at radius 1 is 1.75 bits per heavy atom. The van der Waals surface area contributed by atoms with Gasteiger partial charge in [0.05, 0.1) is 11.4 Å². The zero-order chi connectivity index (χ0) is 8.72. The number of imidazole rings is 1. The van der Waals surface area contributed by atoms with E-state index in [-0.39, 0.29) is 5.84 Å². The van der Waals surface area contributed by atoms with Crippen LogP contribution >= 0.6 is 11.3 Å². The number of aryl methyl sites for hydroxylation is 1. The number of aromatic nitrogens is 2. The van der Waals surface area contributed by atoms with Crippen molar-refractivity contribution in [1.82, 2.24) is 9.38 Å². The van der Waals surface area contributed by atoms with Crippen molar-refractivity contribution in [2.24, 2.45) is 5.73 Å². The lowest BCUT2D eigenvalue weighted by Crippen LogP contribution is -2.12. The lowest BCUT2D eigenvalue weighted by Gasteiger charge is -1.92. The number of nitrogens with two attached hydrogens (primary N) is 1. The zero-order valence-electron chi connectivity index (χ0n) is 6.53. The number of rotatable bonds is 1. The molecule has 62 valence electrons. The normalized spacial score (nSPS) is 10.8. The lowest BCUT2D eigenvalue weighted by molar-refractivity contribution is 1.18. The van der Waals surface area contributed by atoms with Crippen molar-refractivity contribution in [2.45, 2.75) is 6.92 Å². The Morgan fingerprint density at radius 2 is 2.50 bits per heavy atom. The molecule has 0 aliphatic carbocycles. The Bertz CT molecular complexity index is 439. The van der Waals surface area contributed by atoms with Crippen LogP contribution in [-0.4, -0.2) is 15.2 Å². The monoisotopic (exact) mass is 180 g/mol. The van der Waals surface area contributed by atoms with Gasteiger partial charge in [0.25, 0.3) is 0 Å². The van der Waals surface area contributed by atoms with Crippen LogP contribution in [0.25, 0.3) is 4.96 Å². The quantitative estimate of drug-likeness (QED) is 0.507. The van der Waals surface area contributed by atoms with E-state index in [0.717, 1.165) is 16.3 Å². The van der Waals surface area contributed by atoms with Crippen LogP contribution in [0.3, 0.4) is 0 Å². The molecule has 0 amide bonds. The molecule has 0 aromatic carbocycles. The van der Waals surface area contributed by atoms with Crippen molar-refractivity contribution >= 4 is 22.1 Å². The molecule has 2 heterocycles. The third kappa shape index (κ3) is 0.902. The Kier molecular flexibility index (Phi) is 1.41. The molecule has 0 spiro atoms. The van der Waals surface area contributed by atoms with Gasteiger partial charge in [-0.2, -0.15) is 0 Å². The molecule has 0 aliphatic heterocycles. The molecule has 0 bridgehead atoms. The molecule has 0 atom stereocenters. The highest BCUT2D eigenvalue weighted by atomic mass is 32.1. The van der Waals surface area contributed by atoms with Crippen LogP contribution < -0.4 is 5.73 Å². The largest absolute Gasteiger partial charge is 0.382 e. The molecule has 2 rings (SSSR count). The van der Waals surface area contributed by atoms with Crippen molar-refractivity contribution in [3.05, 3.63) is 23.0 Å². The summed E-state index contributed by atoms with van der Waals surface area (Å²) in [7, 11) is 0. The fourth-order valence-corrected chi connectivity index (χ4v) is 2.01. The minimum Gasteiger partial charge on any atom is -0.382 e. The van der Waals surface area contributed by atoms with Gasteiger partial charge in [-0.25, -0.2) is 4.98 Å². The summed E-state index contributed by atoms with van der Waals surface area (Å²) in [5.74, 6) is 0.0821. The van der Waals surface area contributed by atoms with Crippen molar-refractivity contribution < 1.29 is 0 Å². The number of hydrogen-bond donors (Lipinski definition) is 2. The molecule has 0 saturated carbocycles. The van der Waals surface area contributed by atoms with Crippen molar-refractivity contribution in [3.8, 4) is 0 Å². The third-order valence-corrected chi connectivity index (χ3v) is 2.45. The van der Waals surface area contributed by atoms with E-state index >= 15 is 0 Å². The summed E-state index contributed by atoms with van der Waals surface area (Å²) in [6.07, 6.45) is 1.88. The van der Waals surface area contributed by atoms with Gasteiger partial charge in [-0.1, -0.05) is 0 Å². The van der Waals surface area contributed by atoms with E-state index in [9.17, 15) is 0 Å². The van der Waals surface area contributed by atoms with Crippen LogP contribution in [0.1, 0.15) is 11.4 Å². The average molecular weight is 180 g/mol. The van der Waals surface area contributed by atoms with Gasteiger partial charge in [0.2, 0.25) is 0 Å². The molecule has 0 fully saturated rings. The Labute approximate surface area is 73.2 Å². The fraction of sp³-hybridized carbons (Fsp3) is 0.143. The molecule has 12 heavy (non-hydrogen) atoms. The highest BCUT2D eigenvalue weighted by molar-refractivity contribution is 7.15. The zero-order valence-corrected chi connectivity index (χ0v) is 7.35. The Morgan fingerprint density at radius 3 is 3.17 bits per heavy atom.